The van der Waals surface area contributed by atoms with Crippen molar-refractivity contribution in [3.63, 3.8) is 0 Å². The Morgan fingerprint density at radius 2 is 2.15 bits per heavy atom. The Labute approximate surface area is 154 Å². The van der Waals surface area contributed by atoms with Crippen LogP contribution in [0, 0.1) is 0 Å². The van der Waals surface area contributed by atoms with Crippen LogP contribution in [0.5, 0.6) is 0 Å². The number of likely N-dealkylation sites (N-methyl/N-ethyl adjacent to an activating group) is 2. The van der Waals surface area contributed by atoms with Crippen LogP contribution in [-0.4, -0.2) is 38.3 Å². The maximum atomic E-state index is 11.2. The minimum atomic E-state index is -0.905. The van der Waals surface area contributed by atoms with Gasteiger partial charge in [0.15, 0.2) is 0 Å². The summed E-state index contributed by atoms with van der Waals surface area (Å²) in [6.07, 6.45) is 0.675. The van der Waals surface area contributed by atoms with Gasteiger partial charge in [0.1, 0.15) is 0 Å². The molecule has 0 radical (unpaired) electrons. The van der Waals surface area contributed by atoms with Crippen molar-refractivity contribution in [1.29, 1.82) is 0 Å². The molecule has 0 amide bonds. The van der Waals surface area contributed by atoms with E-state index in [-0.39, 0.29) is 6.04 Å². The van der Waals surface area contributed by atoms with E-state index in [0.717, 1.165) is 35.5 Å². The summed E-state index contributed by atoms with van der Waals surface area (Å²) in [6.45, 7) is 6.09. The zero-order valence-electron chi connectivity index (χ0n) is 15.2. The summed E-state index contributed by atoms with van der Waals surface area (Å²) in [5.74, 6) is -0.905. The lowest BCUT2D eigenvalue weighted by Gasteiger charge is -2.30. The number of benzene rings is 2. The van der Waals surface area contributed by atoms with Gasteiger partial charge in [0, 0.05) is 31.5 Å². The minimum absolute atomic E-state index is 0.0239. The second-order valence-electron chi connectivity index (χ2n) is 6.71. The Hall–Kier alpha value is -2.79. The van der Waals surface area contributed by atoms with Crippen molar-refractivity contribution >= 4 is 17.3 Å². The standard InChI is InChI=1S/C21H25N3O2/c1-14-11-17-12-16(21(25)26)7-8-19(17)23-20(14)15-5-4-6-18(13-15)24(3)10-9-22-2/h4-8,12-13,20,22-23H,1,9-11H2,2-3H3,(H,25,26). The molecule has 5 nitrogen and oxygen atoms in total. The van der Waals surface area contributed by atoms with Gasteiger partial charge in [-0.15, -0.1) is 0 Å². The van der Waals surface area contributed by atoms with Gasteiger partial charge in [-0.3, -0.25) is 0 Å². The van der Waals surface area contributed by atoms with Crippen LogP contribution < -0.4 is 15.5 Å². The maximum absolute atomic E-state index is 11.2. The van der Waals surface area contributed by atoms with E-state index in [1.807, 2.05) is 13.1 Å². The quantitative estimate of drug-likeness (QED) is 0.697. The molecule has 3 N–H and O–H groups in total. The average molecular weight is 351 g/mol. The molecule has 0 saturated heterocycles. The van der Waals surface area contributed by atoms with Gasteiger partial charge in [-0.2, -0.15) is 0 Å². The van der Waals surface area contributed by atoms with Crippen molar-refractivity contribution in [2.24, 2.45) is 0 Å². The third-order valence-electron chi connectivity index (χ3n) is 4.82. The van der Waals surface area contributed by atoms with Crippen LogP contribution in [0.25, 0.3) is 0 Å². The van der Waals surface area contributed by atoms with Crippen molar-refractivity contribution in [2.45, 2.75) is 12.5 Å². The summed E-state index contributed by atoms with van der Waals surface area (Å²) >= 11 is 0. The van der Waals surface area contributed by atoms with Crippen LogP contribution in [0.3, 0.4) is 0 Å². The number of rotatable bonds is 6. The molecule has 3 rings (SSSR count). The number of hydrogen-bond acceptors (Lipinski definition) is 4. The maximum Gasteiger partial charge on any atom is 0.335 e. The summed E-state index contributed by atoms with van der Waals surface area (Å²) in [5.41, 5.74) is 5.63. The molecule has 1 aliphatic heterocycles. The molecule has 2 aromatic carbocycles. The number of carbonyl (C=O) groups is 1. The Morgan fingerprint density at radius 3 is 2.88 bits per heavy atom. The fourth-order valence-corrected chi connectivity index (χ4v) is 3.29. The molecule has 136 valence electrons. The molecule has 1 atom stereocenters. The molecule has 0 saturated carbocycles. The summed E-state index contributed by atoms with van der Waals surface area (Å²) in [4.78, 5) is 13.4. The highest BCUT2D eigenvalue weighted by atomic mass is 16.4. The molecule has 0 bridgehead atoms. The van der Waals surface area contributed by atoms with Gasteiger partial charge in [-0.25, -0.2) is 4.79 Å². The van der Waals surface area contributed by atoms with Crippen molar-refractivity contribution < 1.29 is 9.90 Å². The van der Waals surface area contributed by atoms with Crippen LogP contribution in [0.1, 0.15) is 27.5 Å². The normalized spacial score (nSPS) is 15.9. The predicted octanol–water partition coefficient (Wildman–Crippen LogP) is 3.31. The largest absolute Gasteiger partial charge is 0.478 e. The number of anilines is 2. The summed E-state index contributed by atoms with van der Waals surface area (Å²) < 4.78 is 0. The monoisotopic (exact) mass is 351 g/mol. The Bertz CT molecular complexity index is 832. The second-order valence-corrected chi connectivity index (χ2v) is 6.71. The van der Waals surface area contributed by atoms with E-state index in [1.165, 1.54) is 5.69 Å². The Balaban J connectivity index is 1.84. The number of fused-ring (bicyclic) bond motifs is 1. The molecular weight excluding hydrogens is 326 g/mol. The molecule has 1 aliphatic rings. The summed E-state index contributed by atoms with van der Waals surface area (Å²) in [7, 11) is 4.04. The van der Waals surface area contributed by atoms with Gasteiger partial charge < -0.3 is 20.6 Å². The number of aromatic carboxylic acids is 1. The number of hydrogen-bond donors (Lipinski definition) is 3. The first kappa shape index (κ1) is 18.0. The van der Waals surface area contributed by atoms with Crippen LogP contribution in [-0.2, 0) is 6.42 Å². The van der Waals surface area contributed by atoms with Crippen LogP contribution in [0.2, 0.25) is 0 Å². The topological polar surface area (TPSA) is 64.6 Å². The van der Waals surface area contributed by atoms with Crippen molar-refractivity contribution in [1.82, 2.24) is 5.32 Å². The number of carboxylic acids is 1. The predicted molar refractivity (Wildman–Crippen MR) is 106 cm³/mol. The van der Waals surface area contributed by atoms with Crippen LogP contribution >= 0.6 is 0 Å². The van der Waals surface area contributed by atoms with E-state index in [4.69, 9.17) is 0 Å². The Kier molecular flexibility index (Phi) is 5.28. The minimum Gasteiger partial charge on any atom is -0.478 e. The molecule has 2 aromatic rings. The lowest BCUT2D eigenvalue weighted by molar-refractivity contribution is 0.0697. The highest BCUT2D eigenvalue weighted by molar-refractivity contribution is 5.88. The summed E-state index contributed by atoms with van der Waals surface area (Å²) in [5, 5.41) is 15.9. The lowest BCUT2D eigenvalue weighted by Crippen LogP contribution is -2.27. The van der Waals surface area contributed by atoms with E-state index in [1.54, 1.807) is 12.1 Å². The fourth-order valence-electron chi connectivity index (χ4n) is 3.29. The molecule has 5 heteroatoms. The third kappa shape index (κ3) is 3.73. The van der Waals surface area contributed by atoms with Gasteiger partial charge in [0.2, 0.25) is 0 Å². The number of carboxylic acid groups (broad SMARTS) is 1. The molecule has 0 aromatic heterocycles. The van der Waals surface area contributed by atoms with Crippen LogP contribution in [0.15, 0.2) is 54.6 Å². The van der Waals surface area contributed by atoms with Crippen molar-refractivity contribution in [3.8, 4) is 0 Å². The first-order chi connectivity index (χ1) is 12.5. The first-order valence-corrected chi connectivity index (χ1v) is 8.75. The van der Waals surface area contributed by atoms with E-state index in [9.17, 15) is 9.90 Å². The molecule has 0 aliphatic carbocycles. The second kappa shape index (κ2) is 7.62. The molecule has 0 spiro atoms. The zero-order valence-corrected chi connectivity index (χ0v) is 15.2. The first-order valence-electron chi connectivity index (χ1n) is 8.75. The smallest absolute Gasteiger partial charge is 0.335 e. The van der Waals surface area contributed by atoms with Gasteiger partial charge in [-0.1, -0.05) is 18.7 Å². The summed E-state index contributed by atoms with van der Waals surface area (Å²) in [6, 6.07) is 13.7. The van der Waals surface area contributed by atoms with E-state index >= 15 is 0 Å². The number of nitrogens with one attached hydrogen (secondary N) is 2. The van der Waals surface area contributed by atoms with E-state index < -0.39 is 5.97 Å². The van der Waals surface area contributed by atoms with Crippen molar-refractivity contribution in [3.05, 3.63) is 71.3 Å². The fraction of sp³-hybridized carbons (Fsp3) is 0.286. The zero-order chi connectivity index (χ0) is 18.7. The van der Waals surface area contributed by atoms with Gasteiger partial charge in [0.05, 0.1) is 11.6 Å². The van der Waals surface area contributed by atoms with Gasteiger partial charge >= 0.3 is 5.97 Å². The lowest BCUT2D eigenvalue weighted by atomic mass is 9.88. The van der Waals surface area contributed by atoms with Gasteiger partial charge in [0.25, 0.3) is 0 Å². The third-order valence-corrected chi connectivity index (χ3v) is 4.82. The molecule has 1 unspecified atom stereocenters. The van der Waals surface area contributed by atoms with Gasteiger partial charge in [-0.05, 0) is 60.5 Å². The SMILES string of the molecule is C=C1Cc2cc(C(=O)O)ccc2NC1c1cccc(N(C)CCNC)c1. The molecule has 1 heterocycles. The van der Waals surface area contributed by atoms with E-state index in [2.05, 4.69) is 53.4 Å². The highest BCUT2D eigenvalue weighted by Crippen LogP contribution is 2.36. The average Bonchev–Trinajstić information content (AvgIpc) is 2.65. The van der Waals surface area contributed by atoms with Crippen LogP contribution in [0.4, 0.5) is 11.4 Å². The Morgan fingerprint density at radius 1 is 1.35 bits per heavy atom. The molecule has 0 fully saturated rings. The number of nitrogens with zero attached hydrogens (tertiary/aromatic N) is 1. The molecular formula is C21H25N3O2. The highest BCUT2D eigenvalue weighted by Gasteiger charge is 2.23. The molecule has 26 heavy (non-hydrogen) atoms. The van der Waals surface area contributed by atoms with E-state index in [0.29, 0.717) is 12.0 Å². The van der Waals surface area contributed by atoms with Crippen molar-refractivity contribution in [2.75, 3.05) is 37.4 Å².